The number of anilines is 1. The predicted octanol–water partition coefficient (Wildman–Crippen LogP) is 0.0100. The van der Waals surface area contributed by atoms with Crippen molar-refractivity contribution in [2.45, 2.75) is 6.54 Å². The molecule has 2 aromatic heterocycles. The summed E-state index contributed by atoms with van der Waals surface area (Å²) in [5.41, 5.74) is 0.565. The first kappa shape index (κ1) is 11.7. The van der Waals surface area contributed by atoms with Crippen LogP contribution >= 0.6 is 0 Å². The van der Waals surface area contributed by atoms with E-state index >= 15 is 0 Å². The number of carbonyl (C=O) groups is 2. The Hall–Kier alpha value is -2.77. The van der Waals surface area contributed by atoms with Crippen molar-refractivity contribution in [2.75, 3.05) is 5.32 Å². The average Bonchev–Trinajstić information content (AvgIpc) is 2.76. The number of aliphatic carboxylic acids is 1. The summed E-state index contributed by atoms with van der Waals surface area (Å²) in [6.07, 6.45) is 6.97. The lowest BCUT2D eigenvalue weighted by molar-refractivity contribution is -0.137. The van der Waals surface area contributed by atoms with Gasteiger partial charge in [0.05, 0.1) is 18.1 Å². The van der Waals surface area contributed by atoms with Gasteiger partial charge >= 0.3 is 5.97 Å². The van der Waals surface area contributed by atoms with E-state index < -0.39 is 11.9 Å². The molecule has 8 heteroatoms. The normalized spacial score (nSPS) is 10.0. The molecule has 0 aliphatic rings. The van der Waals surface area contributed by atoms with Crippen molar-refractivity contribution in [3.05, 3.63) is 36.7 Å². The quantitative estimate of drug-likeness (QED) is 0.787. The summed E-state index contributed by atoms with van der Waals surface area (Å²) in [6, 6.07) is 0. The van der Waals surface area contributed by atoms with Crippen molar-refractivity contribution in [1.82, 2.24) is 19.7 Å². The molecule has 92 valence electrons. The zero-order valence-corrected chi connectivity index (χ0v) is 9.15. The molecule has 1 amide bonds. The molecule has 0 saturated carbocycles. The molecule has 0 unspecified atom stereocenters. The first-order valence-corrected chi connectivity index (χ1v) is 4.97. The van der Waals surface area contributed by atoms with E-state index in [1.807, 2.05) is 0 Å². The average molecular weight is 247 g/mol. The third kappa shape index (κ3) is 2.88. The van der Waals surface area contributed by atoms with Gasteiger partial charge in [0.25, 0.3) is 5.91 Å². The number of rotatable bonds is 4. The van der Waals surface area contributed by atoms with Gasteiger partial charge in [-0.15, -0.1) is 0 Å². The van der Waals surface area contributed by atoms with Crippen LogP contribution in [0.3, 0.4) is 0 Å². The Morgan fingerprint density at radius 3 is 2.83 bits per heavy atom. The summed E-state index contributed by atoms with van der Waals surface area (Å²) < 4.78 is 1.20. The van der Waals surface area contributed by atoms with Gasteiger partial charge < -0.3 is 10.4 Å². The lowest BCUT2D eigenvalue weighted by atomic mass is 10.4. The fourth-order valence-electron chi connectivity index (χ4n) is 1.26. The number of carboxylic acids is 1. The Balaban J connectivity index is 2.04. The van der Waals surface area contributed by atoms with Gasteiger partial charge in [-0.25, -0.2) is 4.98 Å². The highest BCUT2D eigenvalue weighted by atomic mass is 16.4. The molecule has 0 spiro atoms. The first-order chi connectivity index (χ1) is 8.65. The van der Waals surface area contributed by atoms with Gasteiger partial charge in [0.1, 0.15) is 12.2 Å². The van der Waals surface area contributed by atoms with E-state index in [0.29, 0.717) is 5.69 Å². The van der Waals surface area contributed by atoms with Crippen molar-refractivity contribution in [3.63, 3.8) is 0 Å². The smallest absolute Gasteiger partial charge is 0.325 e. The summed E-state index contributed by atoms with van der Waals surface area (Å²) >= 11 is 0. The Kier molecular flexibility index (Phi) is 3.28. The number of carbonyl (C=O) groups excluding carboxylic acids is 1. The molecule has 0 atom stereocenters. The molecule has 2 N–H and O–H groups in total. The minimum atomic E-state index is -1.01. The van der Waals surface area contributed by atoms with E-state index in [1.54, 1.807) is 0 Å². The van der Waals surface area contributed by atoms with Gasteiger partial charge in [0.15, 0.2) is 0 Å². The molecule has 18 heavy (non-hydrogen) atoms. The maximum Gasteiger partial charge on any atom is 0.325 e. The van der Waals surface area contributed by atoms with Crippen LogP contribution in [0.25, 0.3) is 0 Å². The molecule has 8 nitrogen and oxygen atoms in total. The highest BCUT2D eigenvalue weighted by Gasteiger charge is 2.09. The minimum absolute atomic E-state index is 0.170. The summed E-state index contributed by atoms with van der Waals surface area (Å²) in [4.78, 5) is 29.7. The van der Waals surface area contributed by atoms with E-state index in [9.17, 15) is 9.59 Å². The van der Waals surface area contributed by atoms with Gasteiger partial charge in [-0.1, -0.05) is 0 Å². The number of aromatic nitrogens is 4. The maximum atomic E-state index is 11.7. The summed E-state index contributed by atoms with van der Waals surface area (Å²) in [5.74, 6) is -1.44. The van der Waals surface area contributed by atoms with Crippen LogP contribution in [0.15, 0.2) is 31.0 Å². The number of hydrogen-bond donors (Lipinski definition) is 2. The standard InChI is InChI=1S/C10H9N5O3/c16-9(17)6-15-5-7(3-13-15)14-10(18)8-4-11-1-2-12-8/h1-5H,6H2,(H,14,18)(H,16,17). The monoisotopic (exact) mass is 247 g/mol. The van der Waals surface area contributed by atoms with Crippen molar-refractivity contribution in [1.29, 1.82) is 0 Å². The number of carboxylic acid groups (broad SMARTS) is 1. The predicted molar refractivity (Wildman–Crippen MR) is 59.8 cm³/mol. The van der Waals surface area contributed by atoms with E-state index in [-0.39, 0.29) is 12.2 Å². The van der Waals surface area contributed by atoms with E-state index in [1.165, 1.54) is 35.7 Å². The second kappa shape index (κ2) is 5.04. The van der Waals surface area contributed by atoms with Crippen LogP contribution in [0.1, 0.15) is 10.5 Å². The number of amides is 1. The Morgan fingerprint density at radius 2 is 2.17 bits per heavy atom. The zero-order chi connectivity index (χ0) is 13.0. The molecule has 0 aliphatic carbocycles. The molecular formula is C10H9N5O3. The minimum Gasteiger partial charge on any atom is -0.480 e. The summed E-state index contributed by atoms with van der Waals surface area (Å²) in [5, 5.41) is 14.9. The zero-order valence-electron chi connectivity index (χ0n) is 9.15. The van der Waals surface area contributed by atoms with Crippen molar-refractivity contribution in [3.8, 4) is 0 Å². The molecular weight excluding hydrogens is 238 g/mol. The van der Waals surface area contributed by atoms with E-state index in [2.05, 4.69) is 20.4 Å². The number of hydrogen-bond acceptors (Lipinski definition) is 5. The van der Waals surface area contributed by atoms with Crippen LogP contribution < -0.4 is 5.32 Å². The van der Waals surface area contributed by atoms with Gasteiger partial charge in [0, 0.05) is 18.6 Å². The second-order valence-corrected chi connectivity index (χ2v) is 3.37. The molecule has 2 heterocycles. The SMILES string of the molecule is O=C(O)Cn1cc(NC(=O)c2cnccn2)cn1. The van der Waals surface area contributed by atoms with Gasteiger partial charge in [-0.05, 0) is 0 Å². The maximum absolute atomic E-state index is 11.7. The van der Waals surface area contributed by atoms with E-state index in [4.69, 9.17) is 5.11 Å². The van der Waals surface area contributed by atoms with Gasteiger partial charge in [-0.2, -0.15) is 5.10 Å². The van der Waals surface area contributed by atoms with Crippen LogP contribution in [0, 0.1) is 0 Å². The topological polar surface area (TPSA) is 110 Å². The van der Waals surface area contributed by atoms with Crippen molar-refractivity contribution >= 4 is 17.6 Å². The molecule has 2 aromatic rings. The lowest BCUT2D eigenvalue weighted by Gasteiger charge is -2.00. The van der Waals surface area contributed by atoms with Crippen LogP contribution in [-0.4, -0.2) is 36.7 Å². The second-order valence-electron chi connectivity index (χ2n) is 3.37. The summed E-state index contributed by atoms with van der Waals surface area (Å²) in [7, 11) is 0. The van der Waals surface area contributed by atoms with Crippen molar-refractivity contribution < 1.29 is 14.7 Å². The van der Waals surface area contributed by atoms with Crippen molar-refractivity contribution in [2.24, 2.45) is 0 Å². The van der Waals surface area contributed by atoms with Gasteiger partial charge in [-0.3, -0.25) is 19.3 Å². The lowest BCUT2D eigenvalue weighted by Crippen LogP contribution is -2.13. The molecule has 0 fully saturated rings. The number of nitrogens with zero attached hydrogens (tertiary/aromatic N) is 4. The largest absolute Gasteiger partial charge is 0.480 e. The van der Waals surface area contributed by atoms with Crippen LogP contribution in [0.5, 0.6) is 0 Å². The van der Waals surface area contributed by atoms with E-state index in [0.717, 1.165) is 0 Å². The highest BCUT2D eigenvalue weighted by Crippen LogP contribution is 2.06. The third-order valence-corrected chi connectivity index (χ3v) is 1.98. The van der Waals surface area contributed by atoms with Gasteiger partial charge in [0.2, 0.25) is 0 Å². The molecule has 2 rings (SSSR count). The van der Waals surface area contributed by atoms with Crippen LogP contribution in [0.2, 0.25) is 0 Å². The van der Waals surface area contributed by atoms with Crippen LogP contribution in [-0.2, 0) is 11.3 Å². The third-order valence-electron chi connectivity index (χ3n) is 1.98. The molecule has 0 aromatic carbocycles. The fraction of sp³-hybridized carbons (Fsp3) is 0.100. The molecule has 0 bridgehead atoms. The highest BCUT2D eigenvalue weighted by molar-refractivity contribution is 6.02. The summed E-state index contributed by atoms with van der Waals surface area (Å²) in [6.45, 7) is -0.263. The molecule has 0 saturated heterocycles. The first-order valence-electron chi connectivity index (χ1n) is 4.97. The Morgan fingerprint density at radius 1 is 1.33 bits per heavy atom. The molecule has 0 radical (unpaired) electrons. The Labute approximate surface area is 101 Å². The number of nitrogens with one attached hydrogen (secondary N) is 1. The van der Waals surface area contributed by atoms with Crippen LogP contribution in [0.4, 0.5) is 5.69 Å². The Bertz CT molecular complexity index is 566. The molecule has 0 aliphatic heterocycles. The fourth-order valence-corrected chi connectivity index (χ4v) is 1.26.